The lowest BCUT2D eigenvalue weighted by Crippen LogP contribution is -2.19. The lowest BCUT2D eigenvalue weighted by atomic mass is 10.4. The summed E-state index contributed by atoms with van der Waals surface area (Å²) in [7, 11) is 1.66. The van der Waals surface area contributed by atoms with Crippen LogP contribution < -0.4 is 9.47 Å². The molecule has 0 fully saturated rings. The van der Waals surface area contributed by atoms with Crippen molar-refractivity contribution in [1.29, 1.82) is 0 Å². The normalized spacial score (nSPS) is 12.3. The van der Waals surface area contributed by atoms with E-state index in [2.05, 4.69) is 14.5 Å². The van der Waals surface area contributed by atoms with Crippen molar-refractivity contribution in [2.75, 3.05) is 7.11 Å². The number of nitrogens with zero attached hydrogens (tertiary/aromatic N) is 1. The summed E-state index contributed by atoms with van der Waals surface area (Å²) >= 11 is 1.61. The van der Waals surface area contributed by atoms with E-state index < -0.39 is 26.2 Å². The molecule has 0 radical (unpaired) electrons. The predicted molar refractivity (Wildman–Crippen MR) is 63.2 cm³/mol. The van der Waals surface area contributed by atoms with Crippen LogP contribution in [0.1, 0.15) is 0 Å². The van der Waals surface area contributed by atoms with Crippen LogP contribution in [-0.2, 0) is 9.05 Å². The smallest absolute Gasteiger partial charge is 0.480 e. The van der Waals surface area contributed by atoms with E-state index in [4.69, 9.17) is 10.7 Å². The van der Waals surface area contributed by atoms with Crippen molar-refractivity contribution in [3.8, 4) is 11.6 Å². The first kappa shape index (κ1) is 15.6. The van der Waals surface area contributed by atoms with Gasteiger partial charge in [0.05, 0.1) is 10.7 Å². The molecule has 1 aromatic heterocycles. The van der Waals surface area contributed by atoms with Gasteiger partial charge in [-0.3, -0.25) is 0 Å². The number of ether oxygens (including phenoxy) is 2. The van der Waals surface area contributed by atoms with Gasteiger partial charge in [0.2, 0.25) is 10.9 Å². The van der Waals surface area contributed by atoms with Gasteiger partial charge in [-0.05, 0) is 22.6 Å². The number of hydrogen-bond acceptors (Lipinski definition) is 5. The van der Waals surface area contributed by atoms with Crippen LogP contribution >= 0.6 is 33.3 Å². The highest BCUT2D eigenvalue weighted by molar-refractivity contribution is 14.1. The zero-order valence-electron chi connectivity index (χ0n) is 8.46. The summed E-state index contributed by atoms with van der Waals surface area (Å²) in [4.78, 5) is 3.37. The second-order valence-corrected chi connectivity index (χ2v) is 6.41. The number of alkyl halides is 3. The molecule has 0 N–H and O–H groups in total. The molecule has 0 bridgehead atoms. The summed E-state index contributed by atoms with van der Waals surface area (Å²) in [5, 5.41) is -1.06. The Bertz CT molecular complexity index is 563. The van der Waals surface area contributed by atoms with Crippen molar-refractivity contribution in [3.05, 3.63) is 9.64 Å². The predicted octanol–water partition coefficient (Wildman–Crippen LogP) is 2.52. The maximum Gasteiger partial charge on any atom is 0.573 e. The van der Waals surface area contributed by atoms with E-state index in [1.54, 1.807) is 22.6 Å². The first-order chi connectivity index (χ1) is 8.04. The van der Waals surface area contributed by atoms with E-state index in [-0.39, 0.29) is 9.45 Å². The fourth-order valence-electron chi connectivity index (χ4n) is 0.955. The molecule has 102 valence electrons. The number of hydrogen-bond donors (Lipinski definition) is 0. The molecule has 0 aromatic carbocycles. The van der Waals surface area contributed by atoms with Crippen LogP contribution in [0.5, 0.6) is 11.6 Å². The zero-order valence-corrected chi connectivity index (χ0v) is 12.2. The van der Waals surface area contributed by atoms with Crippen molar-refractivity contribution >= 4 is 42.3 Å². The third-order valence-corrected chi connectivity index (χ3v) is 3.49. The maximum atomic E-state index is 12.1. The quantitative estimate of drug-likeness (QED) is 0.559. The first-order valence-electron chi connectivity index (χ1n) is 3.99. The minimum absolute atomic E-state index is 0.137. The van der Waals surface area contributed by atoms with Crippen LogP contribution in [0.2, 0.25) is 0 Å². The Labute approximate surface area is 118 Å². The van der Waals surface area contributed by atoms with E-state index >= 15 is 0 Å². The van der Waals surface area contributed by atoms with Crippen LogP contribution in [-0.4, -0.2) is 26.9 Å². The Morgan fingerprint density at radius 3 is 2.39 bits per heavy atom. The van der Waals surface area contributed by atoms with Crippen molar-refractivity contribution in [1.82, 2.24) is 4.98 Å². The summed E-state index contributed by atoms with van der Waals surface area (Å²) in [6, 6.07) is 0.815. The fourth-order valence-corrected chi connectivity index (χ4v) is 2.44. The number of aromatic nitrogens is 1. The van der Waals surface area contributed by atoms with Crippen LogP contribution in [0, 0.1) is 3.57 Å². The highest BCUT2D eigenvalue weighted by Crippen LogP contribution is 2.34. The molecular weight excluding hydrogens is 413 g/mol. The zero-order chi connectivity index (χ0) is 14.1. The number of methoxy groups -OCH3 is 1. The van der Waals surface area contributed by atoms with Gasteiger partial charge in [-0.1, -0.05) is 0 Å². The third kappa shape index (κ3) is 4.02. The van der Waals surface area contributed by atoms with Gasteiger partial charge in [-0.15, -0.1) is 13.2 Å². The Morgan fingerprint density at radius 1 is 1.44 bits per heavy atom. The molecule has 0 saturated heterocycles. The highest BCUT2D eigenvalue weighted by atomic mass is 127. The van der Waals surface area contributed by atoms with Gasteiger partial charge in [0, 0.05) is 16.7 Å². The van der Waals surface area contributed by atoms with Crippen molar-refractivity contribution < 1.29 is 31.1 Å². The van der Waals surface area contributed by atoms with Crippen LogP contribution in [0.25, 0.3) is 0 Å². The topological polar surface area (TPSA) is 65.5 Å². The maximum absolute atomic E-state index is 12.1. The number of rotatable bonds is 3. The lowest BCUT2D eigenvalue weighted by Gasteiger charge is -2.12. The van der Waals surface area contributed by atoms with Gasteiger partial charge in [-0.25, -0.2) is 8.42 Å². The van der Waals surface area contributed by atoms with E-state index in [9.17, 15) is 21.6 Å². The number of halogens is 5. The lowest BCUT2D eigenvalue weighted by molar-refractivity contribution is -0.275. The molecule has 0 saturated carbocycles. The standard InChI is InChI=1S/C7H4ClF3INO4S/c1-16-5-3(12)2-4(17-7(9,10)11)6(13-5)18(8,14)15/h2H,1H3. The monoisotopic (exact) mass is 417 g/mol. The van der Waals surface area contributed by atoms with Gasteiger partial charge >= 0.3 is 6.36 Å². The molecule has 18 heavy (non-hydrogen) atoms. The van der Waals surface area contributed by atoms with Gasteiger partial charge in [0.1, 0.15) is 0 Å². The summed E-state index contributed by atoms with van der Waals surface area (Å²) in [6.07, 6.45) is -5.06. The Morgan fingerprint density at radius 2 is 2.00 bits per heavy atom. The van der Waals surface area contributed by atoms with E-state index in [1.807, 2.05) is 0 Å². The minimum Gasteiger partial charge on any atom is -0.480 e. The largest absolute Gasteiger partial charge is 0.573 e. The summed E-state index contributed by atoms with van der Waals surface area (Å²) in [5.41, 5.74) is 0. The molecule has 0 aliphatic carbocycles. The van der Waals surface area contributed by atoms with Gasteiger partial charge < -0.3 is 9.47 Å². The van der Waals surface area contributed by atoms with E-state index in [0.717, 1.165) is 6.07 Å². The summed E-state index contributed by atoms with van der Waals surface area (Å²) < 4.78 is 66.9. The van der Waals surface area contributed by atoms with Crippen molar-refractivity contribution in [2.24, 2.45) is 0 Å². The molecule has 0 atom stereocenters. The third-order valence-electron chi connectivity index (χ3n) is 1.53. The summed E-state index contributed by atoms with van der Waals surface area (Å²) in [6.45, 7) is 0. The molecule has 0 aliphatic heterocycles. The van der Waals surface area contributed by atoms with Gasteiger partial charge in [0.25, 0.3) is 9.05 Å². The molecule has 0 aliphatic rings. The van der Waals surface area contributed by atoms with E-state index in [0.29, 0.717) is 0 Å². The van der Waals surface area contributed by atoms with E-state index in [1.165, 1.54) is 7.11 Å². The average Bonchev–Trinajstić information content (AvgIpc) is 2.13. The fraction of sp³-hybridized carbons (Fsp3) is 0.286. The average molecular weight is 418 g/mol. The van der Waals surface area contributed by atoms with Crippen molar-refractivity contribution in [3.63, 3.8) is 0 Å². The number of pyridine rings is 1. The SMILES string of the molecule is COc1nc(S(=O)(=O)Cl)c(OC(F)(F)F)cc1I. The Kier molecular flexibility index (Phi) is 4.54. The second-order valence-electron chi connectivity index (χ2n) is 2.77. The Hall–Kier alpha value is -0.490. The molecule has 0 spiro atoms. The van der Waals surface area contributed by atoms with Gasteiger partial charge in [0.15, 0.2) is 5.75 Å². The molecule has 0 unspecified atom stereocenters. The second kappa shape index (κ2) is 5.25. The molecule has 1 heterocycles. The molecular formula is C7H4ClF3INO4S. The van der Waals surface area contributed by atoms with Crippen molar-refractivity contribution in [2.45, 2.75) is 11.4 Å². The van der Waals surface area contributed by atoms with Crippen LogP contribution in [0.15, 0.2) is 11.1 Å². The molecule has 1 aromatic rings. The highest BCUT2D eigenvalue weighted by Gasteiger charge is 2.35. The van der Waals surface area contributed by atoms with Gasteiger partial charge in [-0.2, -0.15) is 4.98 Å². The summed E-state index contributed by atoms with van der Waals surface area (Å²) in [5.74, 6) is -1.19. The van der Waals surface area contributed by atoms with Crippen LogP contribution in [0.3, 0.4) is 0 Å². The molecule has 1 rings (SSSR count). The molecule has 5 nitrogen and oxygen atoms in total. The minimum atomic E-state index is -5.06. The Balaban J connectivity index is 3.45. The molecule has 11 heteroatoms. The first-order valence-corrected chi connectivity index (χ1v) is 7.38. The molecule has 0 amide bonds. The van der Waals surface area contributed by atoms with Crippen LogP contribution in [0.4, 0.5) is 13.2 Å².